The van der Waals surface area contributed by atoms with Crippen molar-refractivity contribution >= 4 is 6.08 Å². The molecule has 150 valence electrons. The molecule has 0 radical (unpaired) electrons. The van der Waals surface area contributed by atoms with E-state index in [-0.39, 0.29) is 0 Å². The van der Waals surface area contributed by atoms with E-state index in [1.807, 2.05) is 0 Å². The number of ether oxygens (including phenoxy) is 3. The molecule has 2 rings (SSSR count). The van der Waals surface area contributed by atoms with Crippen LogP contribution in [-0.4, -0.2) is 121 Å². The Bertz CT molecular complexity index is 527. The molecule has 10 atom stereocenters. The average molecular weight is 383 g/mol. The van der Waals surface area contributed by atoms with Crippen molar-refractivity contribution in [2.24, 2.45) is 4.99 Å². The minimum absolute atomic E-state index is 0.767. The van der Waals surface area contributed by atoms with Crippen molar-refractivity contribution in [3.8, 4) is 0 Å². The third kappa shape index (κ3) is 3.66. The molecular weight excluding hydrogens is 362 g/mol. The Kier molecular flexibility index (Phi) is 6.79. The first-order valence-corrected chi connectivity index (χ1v) is 7.60. The number of aliphatic hydroxyl groups excluding tert-OH is 8. The van der Waals surface area contributed by atoms with E-state index in [4.69, 9.17) is 14.2 Å². The summed E-state index contributed by atoms with van der Waals surface area (Å²) in [6, 6.07) is 0. The lowest BCUT2D eigenvalue weighted by molar-refractivity contribution is -0.373. The van der Waals surface area contributed by atoms with Crippen molar-refractivity contribution in [1.29, 1.82) is 0 Å². The highest BCUT2D eigenvalue weighted by Gasteiger charge is 2.56. The first-order valence-electron chi connectivity index (χ1n) is 7.60. The molecule has 8 N–H and O–H groups in total. The van der Waals surface area contributed by atoms with Crippen LogP contribution in [0.25, 0.3) is 0 Å². The minimum Gasteiger partial charge on any atom is -0.394 e. The number of rotatable bonds is 5. The molecule has 0 unspecified atom stereocenters. The Hall–Kier alpha value is -1.06. The van der Waals surface area contributed by atoms with E-state index in [9.17, 15) is 45.6 Å². The lowest BCUT2D eigenvalue weighted by Gasteiger charge is -2.47. The molecule has 2 heterocycles. The van der Waals surface area contributed by atoms with Gasteiger partial charge in [0.15, 0.2) is 12.6 Å². The first kappa shape index (κ1) is 21.2. The van der Waals surface area contributed by atoms with Gasteiger partial charge in [-0.15, -0.1) is 0 Å². The molecule has 0 aromatic rings. The third-order valence-electron chi connectivity index (χ3n) is 4.33. The summed E-state index contributed by atoms with van der Waals surface area (Å²) in [4.78, 5) is 13.7. The topological polar surface area (TPSA) is 219 Å². The molecule has 0 amide bonds. The maximum atomic E-state index is 10.6. The van der Waals surface area contributed by atoms with Crippen LogP contribution in [0, 0.1) is 0 Å². The number of isocyanates is 1. The van der Waals surface area contributed by atoms with Gasteiger partial charge in [-0.25, -0.2) is 4.79 Å². The fourth-order valence-corrected chi connectivity index (χ4v) is 2.79. The summed E-state index contributed by atoms with van der Waals surface area (Å²) >= 11 is 0. The van der Waals surface area contributed by atoms with Crippen LogP contribution < -0.4 is 0 Å². The van der Waals surface area contributed by atoms with E-state index in [1.54, 1.807) is 0 Å². The molecule has 2 aliphatic heterocycles. The van der Waals surface area contributed by atoms with E-state index in [0.29, 0.717) is 0 Å². The zero-order valence-corrected chi connectivity index (χ0v) is 13.3. The molecule has 13 nitrogen and oxygen atoms in total. The summed E-state index contributed by atoms with van der Waals surface area (Å²) in [7, 11) is 0. The van der Waals surface area contributed by atoms with Crippen molar-refractivity contribution in [3.05, 3.63) is 0 Å². The van der Waals surface area contributed by atoms with Gasteiger partial charge in [-0.2, -0.15) is 4.99 Å². The molecule has 2 saturated heterocycles. The first-order chi connectivity index (χ1) is 12.2. The number of hydrogen-bond donors (Lipinski definition) is 8. The number of aliphatic imine (C=N–C) groups is 1. The highest BCUT2D eigenvalue weighted by atomic mass is 16.7. The van der Waals surface area contributed by atoms with E-state index in [1.165, 1.54) is 0 Å². The van der Waals surface area contributed by atoms with Crippen molar-refractivity contribution in [2.75, 3.05) is 13.2 Å². The van der Waals surface area contributed by atoms with Gasteiger partial charge in [0.1, 0.15) is 42.7 Å². The second-order valence-electron chi connectivity index (χ2n) is 5.95. The largest absolute Gasteiger partial charge is 0.394 e. The van der Waals surface area contributed by atoms with Crippen molar-refractivity contribution in [2.45, 2.75) is 61.0 Å². The number of carbonyl (C=O) groups excluding carboxylic acids is 1. The average Bonchev–Trinajstić information content (AvgIpc) is 2.63. The SMILES string of the molecule is O=C=N[C@]1(CO)O[C@H](O[C@H]2[C@H](O)[C@@H](O)[C@H](O)O[C@@H]2CO)[C@H](O)[C@@H](O)[C@H]1O. The van der Waals surface area contributed by atoms with Crippen LogP contribution in [0.5, 0.6) is 0 Å². The molecule has 13 heteroatoms. The lowest BCUT2D eigenvalue weighted by Crippen LogP contribution is -2.68. The predicted octanol–water partition coefficient (Wildman–Crippen LogP) is -5.73. The van der Waals surface area contributed by atoms with Crippen molar-refractivity contribution in [1.82, 2.24) is 0 Å². The molecule has 0 bridgehead atoms. The van der Waals surface area contributed by atoms with E-state index < -0.39 is 74.2 Å². The number of nitrogens with zero attached hydrogens (tertiary/aromatic N) is 1. The molecule has 2 fully saturated rings. The minimum atomic E-state index is -2.40. The van der Waals surface area contributed by atoms with Crippen LogP contribution in [0.3, 0.4) is 0 Å². The Balaban J connectivity index is 2.27. The van der Waals surface area contributed by atoms with Gasteiger partial charge in [-0.05, 0) is 0 Å². The highest BCUT2D eigenvalue weighted by Crippen LogP contribution is 2.34. The summed E-state index contributed by atoms with van der Waals surface area (Å²) < 4.78 is 15.2. The Morgan fingerprint density at radius 2 is 1.65 bits per heavy atom. The molecule has 0 saturated carbocycles. The maximum absolute atomic E-state index is 10.6. The van der Waals surface area contributed by atoms with Crippen LogP contribution in [0.2, 0.25) is 0 Å². The summed E-state index contributed by atoms with van der Waals surface area (Å²) in [5.41, 5.74) is -2.40. The fraction of sp³-hybridized carbons (Fsp3) is 0.923. The summed E-state index contributed by atoms with van der Waals surface area (Å²) in [6.07, 6.45) is -15.1. The molecule has 0 aromatic heterocycles. The van der Waals surface area contributed by atoms with Crippen LogP contribution >= 0.6 is 0 Å². The molecule has 2 aliphatic rings. The maximum Gasteiger partial charge on any atom is 0.238 e. The van der Waals surface area contributed by atoms with Crippen LogP contribution in [0.1, 0.15) is 0 Å². The normalized spacial score (nSPS) is 49.5. The molecule has 26 heavy (non-hydrogen) atoms. The molecule has 0 aliphatic carbocycles. The van der Waals surface area contributed by atoms with E-state index >= 15 is 0 Å². The van der Waals surface area contributed by atoms with Gasteiger partial charge < -0.3 is 55.1 Å². The Morgan fingerprint density at radius 1 is 1.00 bits per heavy atom. The predicted molar refractivity (Wildman–Crippen MR) is 75.7 cm³/mol. The van der Waals surface area contributed by atoms with Crippen LogP contribution in [0.4, 0.5) is 0 Å². The summed E-state index contributed by atoms with van der Waals surface area (Å²) in [6.45, 7) is -1.86. The van der Waals surface area contributed by atoms with Gasteiger partial charge >= 0.3 is 0 Å². The van der Waals surface area contributed by atoms with Gasteiger partial charge in [0.25, 0.3) is 0 Å². The van der Waals surface area contributed by atoms with E-state index in [2.05, 4.69) is 4.99 Å². The molecular formula is C13H21NO12. The zero-order valence-electron chi connectivity index (χ0n) is 13.3. The van der Waals surface area contributed by atoms with Gasteiger partial charge in [-0.1, -0.05) is 0 Å². The lowest BCUT2D eigenvalue weighted by atomic mass is 9.93. The highest BCUT2D eigenvalue weighted by molar-refractivity contribution is 5.35. The molecule has 0 spiro atoms. The molecule has 0 aromatic carbocycles. The Labute approximate surface area is 146 Å². The van der Waals surface area contributed by atoms with Gasteiger partial charge in [-0.3, -0.25) is 0 Å². The zero-order chi connectivity index (χ0) is 19.6. The van der Waals surface area contributed by atoms with Crippen LogP contribution in [0.15, 0.2) is 4.99 Å². The van der Waals surface area contributed by atoms with Gasteiger partial charge in [0.2, 0.25) is 11.8 Å². The van der Waals surface area contributed by atoms with Crippen molar-refractivity contribution < 1.29 is 59.9 Å². The van der Waals surface area contributed by atoms with Gasteiger partial charge in [0.05, 0.1) is 13.2 Å². The quantitative estimate of drug-likeness (QED) is 0.164. The van der Waals surface area contributed by atoms with Gasteiger partial charge in [0, 0.05) is 0 Å². The summed E-state index contributed by atoms with van der Waals surface area (Å²) in [5, 5.41) is 77.7. The number of hydrogen-bond acceptors (Lipinski definition) is 13. The van der Waals surface area contributed by atoms with Crippen LogP contribution in [-0.2, 0) is 19.0 Å². The smallest absolute Gasteiger partial charge is 0.238 e. The Morgan fingerprint density at radius 3 is 2.19 bits per heavy atom. The second kappa shape index (κ2) is 8.31. The van der Waals surface area contributed by atoms with E-state index in [0.717, 1.165) is 6.08 Å². The summed E-state index contributed by atoms with van der Waals surface area (Å²) in [5.74, 6) is 0. The number of aliphatic hydroxyl groups is 8. The third-order valence-corrected chi connectivity index (χ3v) is 4.33. The fourth-order valence-electron chi connectivity index (χ4n) is 2.79. The second-order valence-corrected chi connectivity index (χ2v) is 5.95. The van der Waals surface area contributed by atoms with Crippen molar-refractivity contribution in [3.63, 3.8) is 0 Å². The monoisotopic (exact) mass is 383 g/mol. The standard InChI is InChI=1S/C13H21NO12/c15-1-4-9(5(18)7(20)11(23)24-4)25-12-8(21)6(19)10(22)13(2-16,26-12)14-3-17/h4-12,15-16,18-23H,1-2H2/t4-,5-,6-,7-,8-,9-,10-,11-,12+,13-/m1/s1.